The van der Waals surface area contributed by atoms with E-state index in [1.54, 1.807) is 6.07 Å². The Hall–Kier alpha value is -4.54. The van der Waals surface area contributed by atoms with E-state index in [9.17, 15) is 36.6 Å². The molecule has 0 spiro atoms. The summed E-state index contributed by atoms with van der Waals surface area (Å²) in [6.07, 6.45) is -11.7. The molecule has 4 rings (SSSR count). The van der Waals surface area contributed by atoms with E-state index < -0.39 is 52.2 Å². The first-order valence-corrected chi connectivity index (χ1v) is 11.0. The summed E-state index contributed by atoms with van der Waals surface area (Å²) in [6, 6.07) is 16.9. The molecule has 0 fully saturated rings. The Kier molecular flexibility index (Phi) is 6.79. The van der Waals surface area contributed by atoms with E-state index in [2.05, 4.69) is 0 Å². The number of benzene rings is 4. The van der Waals surface area contributed by atoms with Crippen LogP contribution in [0.25, 0.3) is 22.3 Å². The van der Waals surface area contributed by atoms with Crippen LogP contribution in [0.5, 0.6) is 23.0 Å². The number of ether oxygens (including phenoxy) is 1. The molecule has 0 aliphatic heterocycles. The predicted octanol–water partition coefficient (Wildman–Crippen LogP) is 7.60. The molecule has 0 aromatic heterocycles. The van der Waals surface area contributed by atoms with Gasteiger partial charge in [0.2, 0.25) is 0 Å². The third-order valence-corrected chi connectivity index (χ3v) is 5.81. The summed E-state index contributed by atoms with van der Waals surface area (Å²) in [6.45, 7) is 0. The summed E-state index contributed by atoms with van der Waals surface area (Å²) in [5.41, 5.74) is 8.18. The average molecular weight is 534 g/mol. The van der Waals surface area contributed by atoms with Gasteiger partial charge in [0.05, 0.1) is 11.4 Å². The number of anilines is 2. The highest BCUT2D eigenvalue weighted by molar-refractivity contribution is 5.94. The van der Waals surface area contributed by atoms with Gasteiger partial charge >= 0.3 is 12.4 Å². The summed E-state index contributed by atoms with van der Waals surface area (Å²) in [7, 11) is 0. The minimum atomic E-state index is -5.83. The molecular formula is C27H20F6N2O3. The van der Waals surface area contributed by atoms with Gasteiger partial charge in [-0.3, -0.25) is 0 Å². The second-order valence-electron chi connectivity index (χ2n) is 8.32. The average Bonchev–Trinajstić information content (AvgIpc) is 2.83. The Bertz CT molecular complexity index is 1460. The van der Waals surface area contributed by atoms with Crippen LogP contribution in [-0.2, 0) is 0 Å². The zero-order chi connectivity index (χ0) is 27.8. The van der Waals surface area contributed by atoms with Gasteiger partial charge in [0, 0.05) is 22.3 Å². The van der Waals surface area contributed by atoms with E-state index in [1.807, 2.05) is 0 Å². The third kappa shape index (κ3) is 4.99. The molecule has 0 saturated heterocycles. The summed E-state index contributed by atoms with van der Waals surface area (Å²) in [5, 5.41) is 21.3. The normalized spacial score (nSPS) is 12.1. The fourth-order valence-corrected chi connectivity index (χ4v) is 4.16. The number of nitrogens with two attached hydrogens (primary N) is 2. The number of halogens is 6. The molecule has 0 bridgehead atoms. The topological polar surface area (TPSA) is 102 Å². The highest BCUT2D eigenvalue weighted by Crippen LogP contribution is 2.56. The van der Waals surface area contributed by atoms with E-state index in [0.717, 1.165) is 12.1 Å². The van der Waals surface area contributed by atoms with Crippen molar-refractivity contribution < 1.29 is 41.3 Å². The van der Waals surface area contributed by atoms with Crippen molar-refractivity contribution >= 4 is 11.4 Å². The zero-order valence-corrected chi connectivity index (χ0v) is 19.3. The largest absolute Gasteiger partial charge is 0.505 e. The molecule has 0 heterocycles. The highest BCUT2D eigenvalue weighted by Gasteiger charge is 2.59. The van der Waals surface area contributed by atoms with Crippen LogP contribution in [0.15, 0.2) is 78.9 Å². The molecule has 11 heteroatoms. The zero-order valence-electron chi connectivity index (χ0n) is 19.3. The third-order valence-electron chi connectivity index (χ3n) is 5.81. The molecule has 4 aromatic rings. The maximum Gasteiger partial charge on any atom is 0.404 e. The molecule has 0 radical (unpaired) electrons. The standard InChI is InChI=1S/C27H20F6N2O3/c28-26(29,30)25(27(31,32)33)22-20(38-14-6-2-1-3-7-14)13-12-15(16-8-4-10-18(34)23(16)36)21(22)17-9-5-11-19(35)24(17)37/h1-13,25,36-37H,34-35H2. The number of hydrogen-bond donors (Lipinski definition) is 4. The minimum absolute atomic E-state index is 0.0286. The van der Waals surface area contributed by atoms with Crippen LogP contribution in [0.3, 0.4) is 0 Å². The van der Waals surface area contributed by atoms with Gasteiger partial charge in [-0.1, -0.05) is 42.5 Å². The molecular weight excluding hydrogens is 514 g/mol. The first-order chi connectivity index (χ1) is 17.8. The van der Waals surface area contributed by atoms with E-state index in [0.29, 0.717) is 0 Å². The highest BCUT2D eigenvalue weighted by atomic mass is 19.4. The lowest BCUT2D eigenvalue weighted by molar-refractivity contribution is -0.253. The van der Waals surface area contributed by atoms with Crippen LogP contribution in [0.4, 0.5) is 37.7 Å². The lowest BCUT2D eigenvalue weighted by atomic mass is 9.83. The van der Waals surface area contributed by atoms with Crippen LogP contribution in [0, 0.1) is 0 Å². The van der Waals surface area contributed by atoms with Crippen molar-refractivity contribution in [1.29, 1.82) is 0 Å². The van der Waals surface area contributed by atoms with Crippen molar-refractivity contribution in [2.45, 2.75) is 18.3 Å². The van der Waals surface area contributed by atoms with Crippen LogP contribution in [-0.4, -0.2) is 22.6 Å². The molecule has 0 atom stereocenters. The van der Waals surface area contributed by atoms with Crippen LogP contribution < -0.4 is 16.2 Å². The van der Waals surface area contributed by atoms with Gasteiger partial charge < -0.3 is 26.4 Å². The molecule has 38 heavy (non-hydrogen) atoms. The van der Waals surface area contributed by atoms with Crippen molar-refractivity contribution in [3.05, 3.63) is 84.4 Å². The summed E-state index contributed by atoms with van der Waals surface area (Å²) in [4.78, 5) is 0. The fourth-order valence-electron chi connectivity index (χ4n) is 4.16. The number of para-hydroxylation sites is 3. The van der Waals surface area contributed by atoms with Gasteiger partial charge in [0.15, 0.2) is 5.92 Å². The molecule has 0 aliphatic rings. The second kappa shape index (κ2) is 9.73. The number of nitrogen functional groups attached to an aromatic ring is 2. The van der Waals surface area contributed by atoms with Crippen LogP contribution in [0.2, 0.25) is 0 Å². The first kappa shape index (κ1) is 26.5. The maximum atomic E-state index is 14.2. The number of rotatable bonds is 5. The monoisotopic (exact) mass is 534 g/mol. The SMILES string of the molecule is Nc1cccc(-c2ccc(Oc3ccccc3)c(C(C(F)(F)F)C(F)(F)F)c2-c2cccc(N)c2O)c1O. The van der Waals surface area contributed by atoms with Crippen molar-refractivity contribution in [2.24, 2.45) is 0 Å². The molecule has 0 unspecified atom stereocenters. The first-order valence-electron chi connectivity index (χ1n) is 11.0. The van der Waals surface area contributed by atoms with E-state index in [-0.39, 0.29) is 28.3 Å². The van der Waals surface area contributed by atoms with Crippen molar-refractivity contribution in [1.82, 2.24) is 0 Å². The van der Waals surface area contributed by atoms with Gasteiger partial charge in [-0.2, -0.15) is 26.3 Å². The van der Waals surface area contributed by atoms with Crippen molar-refractivity contribution in [3.8, 4) is 45.3 Å². The molecule has 5 nitrogen and oxygen atoms in total. The Balaban J connectivity index is 2.21. The molecule has 0 amide bonds. The molecule has 4 aromatic carbocycles. The predicted molar refractivity (Wildman–Crippen MR) is 131 cm³/mol. The van der Waals surface area contributed by atoms with Crippen molar-refractivity contribution in [2.75, 3.05) is 11.5 Å². The minimum Gasteiger partial charge on any atom is -0.505 e. The molecule has 198 valence electrons. The van der Waals surface area contributed by atoms with Crippen LogP contribution in [0.1, 0.15) is 11.5 Å². The summed E-state index contributed by atoms with van der Waals surface area (Å²) in [5.74, 6) is -6.15. The Labute approximate surface area is 212 Å². The van der Waals surface area contributed by atoms with E-state index in [1.165, 1.54) is 60.7 Å². The molecule has 6 N–H and O–H groups in total. The Morgan fingerprint density at radius 3 is 1.68 bits per heavy atom. The maximum absolute atomic E-state index is 14.2. The number of alkyl halides is 6. The van der Waals surface area contributed by atoms with Gasteiger partial charge in [0.1, 0.15) is 23.0 Å². The Morgan fingerprint density at radius 1 is 0.605 bits per heavy atom. The lowest BCUT2D eigenvalue weighted by Gasteiger charge is -2.29. The smallest absolute Gasteiger partial charge is 0.404 e. The lowest BCUT2D eigenvalue weighted by Crippen LogP contribution is -2.35. The van der Waals surface area contributed by atoms with Crippen molar-refractivity contribution in [3.63, 3.8) is 0 Å². The second-order valence-corrected chi connectivity index (χ2v) is 8.32. The summed E-state index contributed by atoms with van der Waals surface area (Å²) >= 11 is 0. The van der Waals surface area contributed by atoms with Gasteiger partial charge in [0.25, 0.3) is 0 Å². The Morgan fingerprint density at radius 2 is 1.13 bits per heavy atom. The van der Waals surface area contributed by atoms with E-state index in [4.69, 9.17) is 16.2 Å². The van der Waals surface area contributed by atoms with Gasteiger partial charge in [-0.05, 0) is 42.0 Å². The summed E-state index contributed by atoms with van der Waals surface area (Å²) < 4.78 is 91.0. The number of aromatic hydroxyl groups is 2. The van der Waals surface area contributed by atoms with Gasteiger partial charge in [-0.25, -0.2) is 0 Å². The van der Waals surface area contributed by atoms with E-state index >= 15 is 0 Å². The number of hydrogen-bond acceptors (Lipinski definition) is 5. The molecule has 0 saturated carbocycles. The van der Waals surface area contributed by atoms with Crippen LogP contribution >= 0.6 is 0 Å². The number of phenolic OH excluding ortho intramolecular Hbond substituents is 2. The quantitative estimate of drug-likeness (QED) is 0.120. The number of phenols is 2. The molecule has 0 aliphatic carbocycles. The van der Waals surface area contributed by atoms with Gasteiger partial charge in [-0.15, -0.1) is 0 Å². The fraction of sp³-hybridized carbons (Fsp3) is 0.111.